The highest BCUT2D eigenvalue weighted by Gasteiger charge is 2.15. The minimum Gasteiger partial charge on any atom is -0.481 e. The number of carbonyl (C=O) groups is 1. The molecule has 0 atom stereocenters. The number of carboxylic acids is 1. The molecule has 0 spiro atoms. The summed E-state index contributed by atoms with van der Waals surface area (Å²) in [6.07, 6.45) is 0.420. The van der Waals surface area contributed by atoms with E-state index in [9.17, 15) is 13.2 Å². The molecule has 5 nitrogen and oxygen atoms in total. The van der Waals surface area contributed by atoms with Crippen LogP contribution in [0.15, 0.2) is 59.5 Å². The lowest BCUT2D eigenvalue weighted by atomic mass is 10.1. The van der Waals surface area contributed by atoms with Crippen LogP contribution in [0.2, 0.25) is 0 Å². The predicted octanol–water partition coefficient (Wildman–Crippen LogP) is 2.47. The Bertz CT molecular complexity index is 705. The molecule has 6 heteroatoms. The Kier molecular flexibility index (Phi) is 4.59. The number of aliphatic carboxylic acids is 1. The van der Waals surface area contributed by atoms with Gasteiger partial charge in [0, 0.05) is 6.42 Å². The number of hydrogen-bond donors (Lipinski definition) is 1. The molecule has 0 saturated carbocycles. The quantitative estimate of drug-likeness (QED) is 0.829. The summed E-state index contributed by atoms with van der Waals surface area (Å²) in [6, 6.07) is 14.2. The first-order valence-corrected chi connectivity index (χ1v) is 7.68. The summed E-state index contributed by atoms with van der Waals surface area (Å²) >= 11 is 0. The molecule has 2 rings (SSSR count). The van der Waals surface area contributed by atoms with E-state index >= 15 is 0 Å². The van der Waals surface area contributed by atoms with Crippen molar-refractivity contribution in [3.63, 3.8) is 0 Å². The molecule has 2 aromatic rings. The number of aryl methyl sites for hydroxylation is 1. The Morgan fingerprint density at radius 3 is 2.19 bits per heavy atom. The van der Waals surface area contributed by atoms with Crippen LogP contribution in [0, 0.1) is 0 Å². The Balaban J connectivity index is 2.08. The second-order valence-corrected chi connectivity index (χ2v) is 5.93. The second kappa shape index (κ2) is 6.41. The van der Waals surface area contributed by atoms with Crippen LogP contribution in [0.5, 0.6) is 5.75 Å². The van der Waals surface area contributed by atoms with Crippen LogP contribution < -0.4 is 4.18 Å². The molecule has 0 aliphatic rings. The van der Waals surface area contributed by atoms with E-state index in [0.717, 1.165) is 5.56 Å². The van der Waals surface area contributed by atoms with Crippen molar-refractivity contribution in [1.82, 2.24) is 0 Å². The van der Waals surface area contributed by atoms with Gasteiger partial charge in [-0.1, -0.05) is 30.3 Å². The van der Waals surface area contributed by atoms with Gasteiger partial charge in [0.1, 0.15) is 10.6 Å². The number of benzene rings is 2. The summed E-state index contributed by atoms with van der Waals surface area (Å²) in [5, 5.41) is 8.60. The van der Waals surface area contributed by atoms with Gasteiger partial charge in [-0.05, 0) is 36.2 Å². The summed E-state index contributed by atoms with van der Waals surface area (Å²) in [6.45, 7) is 0. The van der Waals surface area contributed by atoms with Crippen molar-refractivity contribution in [3.05, 3.63) is 60.2 Å². The van der Waals surface area contributed by atoms with Crippen molar-refractivity contribution in [2.75, 3.05) is 0 Å². The van der Waals surface area contributed by atoms with Crippen LogP contribution >= 0.6 is 0 Å². The van der Waals surface area contributed by atoms with Crippen molar-refractivity contribution in [1.29, 1.82) is 0 Å². The van der Waals surface area contributed by atoms with Crippen LogP contribution in [0.3, 0.4) is 0 Å². The van der Waals surface area contributed by atoms with Crippen molar-refractivity contribution in [2.45, 2.75) is 17.7 Å². The Morgan fingerprint density at radius 2 is 1.62 bits per heavy atom. The lowest BCUT2D eigenvalue weighted by Gasteiger charge is -2.07. The predicted molar refractivity (Wildman–Crippen MR) is 76.7 cm³/mol. The first kappa shape index (κ1) is 15.1. The third-order valence-corrected chi connectivity index (χ3v) is 4.05. The van der Waals surface area contributed by atoms with Gasteiger partial charge >= 0.3 is 16.1 Å². The van der Waals surface area contributed by atoms with E-state index in [-0.39, 0.29) is 17.1 Å². The number of hydrogen-bond acceptors (Lipinski definition) is 4. The normalized spacial score (nSPS) is 11.0. The molecule has 0 aliphatic heterocycles. The van der Waals surface area contributed by atoms with Gasteiger partial charge in [-0.3, -0.25) is 4.79 Å². The third kappa shape index (κ3) is 4.32. The monoisotopic (exact) mass is 306 g/mol. The van der Waals surface area contributed by atoms with E-state index in [1.54, 1.807) is 30.3 Å². The van der Waals surface area contributed by atoms with Crippen LogP contribution in [0.1, 0.15) is 12.0 Å². The Morgan fingerprint density at radius 1 is 1.00 bits per heavy atom. The lowest BCUT2D eigenvalue weighted by molar-refractivity contribution is -0.136. The first-order valence-electron chi connectivity index (χ1n) is 6.28. The van der Waals surface area contributed by atoms with Gasteiger partial charge in [0.2, 0.25) is 0 Å². The summed E-state index contributed by atoms with van der Waals surface area (Å²) in [5.74, 6) is -0.681. The highest BCUT2D eigenvalue weighted by atomic mass is 32.2. The maximum atomic E-state index is 12.0. The molecular weight excluding hydrogens is 292 g/mol. The third-order valence-electron chi connectivity index (χ3n) is 2.79. The molecule has 21 heavy (non-hydrogen) atoms. The highest BCUT2D eigenvalue weighted by molar-refractivity contribution is 7.87. The number of rotatable bonds is 6. The first-order chi connectivity index (χ1) is 9.97. The zero-order valence-electron chi connectivity index (χ0n) is 11.1. The average Bonchev–Trinajstić information content (AvgIpc) is 2.47. The summed E-state index contributed by atoms with van der Waals surface area (Å²) in [7, 11) is -3.85. The zero-order valence-corrected chi connectivity index (χ0v) is 11.9. The van der Waals surface area contributed by atoms with Gasteiger partial charge in [0.05, 0.1) is 0 Å². The highest BCUT2D eigenvalue weighted by Crippen LogP contribution is 2.19. The van der Waals surface area contributed by atoms with Crippen molar-refractivity contribution in [3.8, 4) is 5.75 Å². The standard InChI is InChI=1S/C15H14O5S/c16-15(17)11-8-12-6-9-13(10-7-12)20-21(18,19)14-4-2-1-3-5-14/h1-7,9-10H,8,11H2,(H,16,17). The molecule has 0 aromatic heterocycles. The van der Waals surface area contributed by atoms with Crippen molar-refractivity contribution < 1.29 is 22.5 Å². The van der Waals surface area contributed by atoms with Crippen LogP contribution in [-0.4, -0.2) is 19.5 Å². The van der Waals surface area contributed by atoms with Gasteiger partial charge in [0.25, 0.3) is 0 Å². The molecule has 0 bridgehead atoms. The summed E-state index contributed by atoms with van der Waals surface area (Å²) < 4.78 is 29.0. The second-order valence-electron chi connectivity index (χ2n) is 4.39. The van der Waals surface area contributed by atoms with Crippen LogP contribution in [0.4, 0.5) is 0 Å². The van der Waals surface area contributed by atoms with E-state index < -0.39 is 16.1 Å². The van der Waals surface area contributed by atoms with Gasteiger partial charge in [-0.25, -0.2) is 0 Å². The van der Waals surface area contributed by atoms with E-state index in [1.165, 1.54) is 24.3 Å². The molecule has 0 amide bonds. The molecular formula is C15H14O5S. The van der Waals surface area contributed by atoms with Crippen molar-refractivity contribution in [2.24, 2.45) is 0 Å². The molecule has 0 aliphatic carbocycles. The van der Waals surface area contributed by atoms with Gasteiger partial charge in [-0.2, -0.15) is 8.42 Å². The fourth-order valence-corrected chi connectivity index (χ4v) is 2.68. The zero-order chi connectivity index (χ0) is 15.3. The molecule has 0 fully saturated rings. The molecule has 0 radical (unpaired) electrons. The van der Waals surface area contributed by atoms with E-state index in [4.69, 9.17) is 9.29 Å². The van der Waals surface area contributed by atoms with E-state index in [0.29, 0.717) is 6.42 Å². The lowest BCUT2D eigenvalue weighted by Crippen LogP contribution is -2.09. The molecule has 1 N–H and O–H groups in total. The minimum absolute atomic E-state index is 0.0303. The fraction of sp³-hybridized carbons (Fsp3) is 0.133. The summed E-state index contributed by atoms with van der Waals surface area (Å²) in [5.41, 5.74) is 0.807. The van der Waals surface area contributed by atoms with Gasteiger partial charge in [0.15, 0.2) is 0 Å². The maximum absolute atomic E-state index is 12.0. The molecule has 0 heterocycles. The van der Waals surface area contributed by atoms with Crippen LogP contribution in [0.25, 0.3) is 0 Å². The largest absolute Gasteiger partial charge is 0.481 e. The maximum Gasteiger partial charge on any atom is 0.339 e. The van der Waals surface area contributed by atoms with E-state index in [1.807, 2.05) is 0 Å². The SMILES string of the molecule is O=C(O)CCc1ccc(OS(=O)(=O)c2ccccc2)cc1. The summed E-state index contributed by atoms with van der Waals surface area (Å²) in [4.78, 5) is 10.6. The smallest absolute Gasteiger partial charge is 0.339 e. The average molecular weight is 306 g/mol. The number of carboxylic acid groups (broad SMARTS) is 1. The Labute approximate surface area is 122 Å². The van der Waals surface area contributed by atoms with Crippen molar-refractivity contribution >= 4 is 16.1 Å². The topological polar surface area (TPSA) is 80.7 Å². The Hall–Kier alpha value is -2.34. The fourth-order valence-electron chi connectivity index (χ4n) is 1.72. The van der Waals surface area contributed by atoms with Crippen LogP contribution in [-0.2, 0) is 21.3 Å². The molecule has 0 saturated heterocycles. The molecule has 110 valence electrons. The van der Waals surface area contributed by atoms with Gasteiger partial charge in [-0.15, -0.1) is 0 Å². The molecule has 2 aromatic carbocycles. The molecule has 0 unspecified atom stereocenters. The van der Waals surface area contributed by atoms with E-state index in [2.05, 4.69) is 0 Å². The minimum atomic E-state index is -3.85. The van der Waals surface area contributed by atoms with Gasteiger partial charge < -0.3 is 9.29 Å².